The maximum atomic E-state index is 15.8. The summed E-state index contributed by atoms with van der Waals surface area (Å²) in [5, 5.41) is 13.6. The van der Waals surface area contributed by atoms with Crippen molar-refractivity contribution < 1.29 is 19.0 Å². The van der Waals surface area contributed by atoms with Crippen molar-refractivity contribution in [2.24, 2.45) is 0 Å². The number of benzene rings is 1. The van der Waals surface area contributed by atoms with Crippen LogP contribution in [0.5, 0.6) is 5.75 Å². The van der Waals surface area contributed by atoms with E-state index in [2.05, 4.69) is 43.0 Å². The molecule has 2 N–H and O–H groups in total. The minimum absolute atomic E-state index is 0.0111. The number of aromatic nitrogens is 4. The van der Waals surface area contributed by atoms with Crippen LogP contribution in [-0.2, 0) is 0 Å². The summed E-state index contributed by atoms with van der Waals surface area (Å²) in [5.74, 6) is -0.0911. The molecule has 0 atom stereocenters. The molecule has 2 aliphatic carbocycles. The average Bonchev–Trinajstić information content (AvgIpc) is 3.83. The number of aliphatic hydroxyl groups is 1. The highest BCUT2D eigenvalue weighted by Gasteiger charge is 2.34. The third-order valence-corrected chi connectivity index (χ3v) is 9.79. The van der Waals surface area contributed by atoms with Gasteiger partial charge in [0.25, 0.3) is 5.91 Å². The Morgan fingerprint density at radius 3 is 2.55 bits per heavy atom. The Morgan fingerprint density at radius 2 is 1.82 bits per heavy atom. The van der Waals surface area contributed by atoms with Crippen molar-refractivity contribution in [2.45, 2.75) is 81.9 Å². The first-order chi connectivity index (χ1) is 21.3. The molecule has 1 amide bonds. The average molecular weight is 599 g/mol. The Kier molecular flexibility index (Phi) is 7.58. The predicted octanol–water partition coefficient (Wildman–Crippen LogP) is 6.10. The van der Waals surface area contributed by atoms with Crippen LogP contribution in [0.3, 0.4) is 0 Å². The molecular weight excluding hydrogens is 559 g/mol. The van der Waals surface area contributed by atoms with Gasteiger partial charge in [-0.3, -0.25) is 20.1 Å². The van der Waals surface area contributed by atoms with Crippen LogP contribution in [0, 0.1) is 5.82 Å². The predicted molar refractivity (Wildman–Crippen MR) is 166 cm³/mol. The number of amides is 1. The highest BCUT2D eigenvalue weighted by molar-refractivity contribution is 6.05. The fourth-order valence-electron chi connectivity index (χ4n) is 7.06. The number of fused-ring (bicyclic) bond motifs is 1. The molecule has 0 spiro atoms. The van der Waals surface area contributed by atoms with E-state index in [4.69, 9.17) is 9.72 Å². The molecule has 2 saturated carbocycles. The summed E-state index contributed by atoms with van der Waals surface area (Å²) in [6.07, 6.45) is 12.2. The molecule has 230 valence electrons. The lowest BCUT2D eigenvalue weighted by molar-refractivity contribution is 0.0106. The third kappa shape index (κ3) is 5.57. The lowest BCUT2D eigenvalue weighted by atomic mass is 9.83. The van der Waals surface area contributed by atoms with Gasteiger partial charge in [-0.15, -0.1) is 0 Å². The molecule has 44 heavy (non-hydrogen) atoms. The number of hydrogen-bond acceptors (Lipinski definition) is 7. The Balaban J connectivity index is 1.21. The van der Waals surface area contributed by atoms with Gasteiger partial charge >= 0.3 is 0 Å². The summed E-state index contributed by atoms with van der Waals surface area (Å²) in [7, 11) is 1.49. The monoisotopic (exact) mass is 598 g/mol. The van der Waals surface area contributed by atoms with E-state index in [1.165, 1.54) is 44.0 Å². The number of pyridine rings is 2. The van der Waals surface area contributed by atoms with E-state index >= 15 is 4.39 Å². The summed E-state index contributed by atoms with van der Waals surface area (Å²) in [6, 6.07) is 10.3. The lowest BCUT2D eigenvalue weighted by Crippen LogP contribution is -2.34. The fourth-order valence-corrected chi connectivity index (χ4v) is 7.06. The Bertz CT molecular complexity index is 1680. The quantitative estimate of drug-likeness (QED) is 0.265. The van der Waals surface area contributed by atoms with Crippen molar-refractivity contribution >= 4 is 22.9 Å². The van der Waals surface area contributed by atoms with Crippen LogP contribution >= 0.6 is 0 Å². The molecule has 0 bridgehead atoms. The van der Waals surface area contributed by atoms with Gasteiger partial charge in [0.05, 0.1) is 34.9 Å². The first-order valence-electron chi connectivity index (χ1n) is 15.7. The Morgan fingerprint density at radius 1 is 1.05 bits per heavy atom. The smallest absolute Gasteiger partial charge is 0.261 e. The molecule has 3 aromatic heterocycles. The zero-order valence-corrected chi connectivity index (χ0v) is 25.3. The molecule has 4 aromatic rings. The van der Waals surface area contributed by atoms with Crippen LogP contribution in [0.25, 0.3) is 22.3 Å². The SMILES string of the molecule is COc1ccncc1-c1nccc(C(=O)Nc2nc3cc(C4CCN(C5CC5)CC4)ccc3n2[C@H]2CC[C@@](C)(O)CC2)c1F. The Hall–Kier alpha value is -3.89. The molecule has 1 aromatic carbocycles. The highest BCUT2D eigenvalue weighted by Crippen LogP contribution is 2.40. The van der Waals surface area contributed by atoms with Gasteiger partial charge in [-0.25, -0.2) is 9.37 Å². The Labute approximate surface area is 256 Å². The van der Waals surface area contributed by atoms with Crippen LogP contribution in [0.15, 0.2) is 48.9 Å². The van der Waals surface area contributed by atoms with E-state index < -0.39 is 17.3 Å². The number of methoxy groups -OCH3 is 1. The number of rotatable bonds is 7. The number of likely N-dealkylation sites (tertiary alicyclic amines) is 1. The second-order valence-electron chi connectivity index (χ2n) is 12.9. The molecule has 10 heteroatoms. The summed E-state index contributed by atoms with van der Waals surface area (Å²) in [5.41, 5.74) is 2.52. The first kappa shape index (κ1) is 28.9. The second kappa shape index (κ2) is 11.6. The molecule has 9 nitrogen and oxygen atoms in total. The van der Waals surface area contributed by atoms with E-state index in [1.54, 1.807) is 12.3 Å². The number of imidazole rings is 1. The topological polar surface area (TPSA) is 105 Å². The molecular formula is C34H39FN6O3. The second-order valence-corrected chi connectivity index (χ2v) is 12.9. The number of anilines is 1. The van der Waals surface area contributed by atoms with E-state index in [0.29, 0.717) is 36.0 Å². The van der Waals surface area contributed by atoms with Gasteiger partial charge < -0.3 is 19.3 Å². The third-order valence-electron chi connectivity index (χ3n) is 9.79. The number of hydrogen-bond donors (Lipinski definition) is 2. The maximum absolute atomic E-state index is 15.8. The highest BCUT2D eigenvalue weighted by atomic mass is 19.1. The van der Waals surface area contributed by atoms with Crippen LogP contribution in [0.1, 0.15) is 86.2 Å². The number of nitrogens with zero attached hydrogens (tertiary/aromatic N) is 5. The van der Waals surface area contributed by atoms with Gasteiger partial charge in [-0.1, -0.05) is 6.07 Å². The van der Waals surface area contributed by atoms with E-state index in [0.717, 1.165) is 55.8 Å². The standard InChI is InChI=1S/C34H39FN6O3/c1-34(43)13-7-24(8-14-34)41-28-6-3-22(21-11-17-40(18-12-21)23-4-5-23)19-27(28)38-33(41)39-32(42)25-9-16-37-31(30(25)35)26-20-36-15-10-29(26)44-2/h3,6,9-10,15-16,19-21,23-24,43H,4-5,7-8,11-14,17-18H2,1-2H3,(H,38,39,42)/t24-,34+. The summed E-state index contributed by atoms with van der Waals surface area (Å²) in [6.45, 7) is 4.14. The van der Waals surface area contributed by atoms with Crippen molar-refractivity contribution in [3.63, 3.8) is 0 Å². The lowest BCUT2D eigenvalue weighted by Gasteiger charge is -2.34. The molecule has 1 aliphatic heterocycles. The minimum Gasteiger partial charge on any atom is -0.496 e. The minimum atomic E-state index is -0.757. The molecule has 4 heterocycles. The zero-order valence-electron chi connectivity index (χ0n) is 25.3. The fraction of sp³-hybridized carbons (Fsp3) is 0.471. The number of ether oxygens (including phenoxy) is 1. The van der Waals surface area contributed by atoms with Gasteiger partial charge in [0.2, 0.25) is 5.95 Å². The molecule has 3 fully saturated rings. The van der Waals surface area contributed by atoms with Gasteiger partial charge in [0.15, 0.2) is 5.82 Å². The number of carbonyl (C=O) groups excluding carboxylic acids is 1. The van der Waals surface area contributed by atoms with Crippen molar-refractivity contribution in [2.75, 3.05) is 25.5 Å². The van der Waals surface area contributed by atoms with Crippen molar-refractivity contribution in [1.29, 1.82) is 0 Å². The maximum Gasteiger partial charge on any atom is 0.261 e. The van der Waals surface area contributed by atoms with E-state index in [-0.39, 0.29) is 17.3 Å². The van der Waals surface area contributed by atoms with E-state index in [9.17, 15) is 9.90 Å². The van der Waals surface area contributed by atoms with Crippen molar-refractivity contribution in [3.05, 3.63) is 65.9 Å². The van der Waals surface area contributed by atoms with Crippen LogP contribution in [-0.4, -0.2) is 67.3 Å². The van der Waals surface area contributed by atoms with Crippen LogP contribution in [0.2, 0.25) is 0 Å². The molecule has 3 aliphatic rings. The van der Waals surface area contributed by atoms with Gasteiger partial charge in [0.1, 0.15) is 11.4 Å². The number of carbonyl (C=O) groups is 1. The zero-order chi connectivity index (χ0) is 30.4. The molecule has 0 unspecified atom stereocenters. The largest absolute Gasteiger partial charge is 0.496 e. The van der Waals surface area contributed by atoms with Crippen molar-refractivity contribution in [1.82, 2.24) is 24.4 Å². The van der Waals surface area contributed by atoms with Crippen molar-refractivity contribution in [3.8, 4) is 17.0 Å². The van der Waals surface area contributed by atoms with Gasteiger partial charge in [-0.2, -0.15) is 0 Å². The first-order valence-corrected chi connectivity index (χ1v) is 15.7. The van der Waals surface area contributed by atoms with Crippen LogP contribution < -0.4 is 10.1 Å². The van der Waals surface area contributed by atoms with Crippen LogP contribution in [0.4, 0.5) is 10.3 Å². The summed E-state index contributed by atoms with van der Waals surface area (Å²) in [4.78, 5) is 29.5. The summed E-state index contributed by atoms with van der Waals surface area (Å²) >= 11 is 0. The van der Waals surface area contributed by atoms with Gasteiger partial charge in [0, 0.05) is 30.7 Å². The molecule has 1 saturated heterocycles. The molecule has 7 rings (SSSR count). The number of piperidine rings is 1. The van der Waals surface area contributed by atoms with E-state index in [1.807, 2.05) is 6.92 Å². The normalized spacial score (nSPS) is 23.1. The summed E-state index contributed by atoms with van der Waals surface area (Å²) < 4.78 is 23.3. The number of nitrogens with one attached hydrogen (secondary N) is 1. The molecule has 0 radical (unpaired) electrons. The number of halogens is 1. The van der Waals surface area contributed by atoms with Gasteiger partial charge in [-0.05, 0) is 107 Å².